The molecule has 1 amide bonds. The summed E-state index contributed by atoms with van der Waals surface area (Å²) in [7, 11) is 1.13. The van der Waals surface area contributed by atoms with E-state index in [0.717, 1.165) is 18.0 Å². The number of nitrogens with one attached hydrogen (secondary N) is 1. The van der Waals surface area contributed by atoms with E-state index in [1.54, 1.807) is 5.32 Å². The number of amides is 1. The fourth-order valence-electron chi connectivity index (χ4n) is 1.91. The minimum Gasteiger partial charge on any atom is -0.475 e. The van der Waals surface area contributed by atoms with Crippen molar-refractivity contribution >= 4 is 17.3 Å². The normalized spacial score (nSPS) is 10.7. The third kappa shape index (κ3) is 3.55. The Morgan fingerprint density at radius 2 is 1.73 bits per heavy atom. The molecule has 0 aliphatic carbocycles. The van der Waals surface area contributed by atoms with Crippen molar-refractivity contribution in [2.24, 2.45) is 0 Å². The highest BCUT2D eigenvalue weighted by molar-refractivity contribution is 5.91. The number of anilines is 1. The van der Waals surface area contributed by atoms with E-state index < -0.39 is 57.7 Å². The molecule has 0 saturated carbocycles. The number of carbonyl (C=O) groups is 1. The summed E-state index contributed by atoms with van der Waals surface area (Å²) in [6.07, 6.45) is 0.423. The van der Waals surface area contributed by atoms with Crippen molar-refractivity contribution in [3.8, 4) is 5.88 Å². The summed E-state index contributed by atoms with van der Waals surface area (Å²) >= 11 is 0. The molecule has 13 heteroatoms. The number of hydrogen-bond acceptors (Lipinski definition) is 5. The molecule has 2 aromatic rings. The van der Waals surface area contributed by atoms with E-state index >= 15 is 0 Å². The number of halogens is 5. The summed E-state index contributed by atoms with van der Waals surface area (Å²) in [5, 5.41) is 16.0. The van der Waals surface area contributed by atoms with Gasteiger partial charge in [-0.15, -0.1) is 5.10 Å². The zero-order valence-corrected chi connectivity index (χ0v) is 12.9. The number of benzene rings is 1. The monoisotopic (exact) mass is 380 g/mol. The van der Waals surface area contributed by atoms with E-state index in [1.165, 1.54) is 0 Å². The Bertz CT molecular complexity index is 857. The number of rotatable bonds is 6. The van der Waals surface area contributed by atoms with Gasteiger partial charge in [-0.3, -0.25) is 19.6 Å². The molecule has 0 unspecified atom stereocenters. The predicted octanol–water partition coefficient (Wildman–Crippen LogP) is 2.52. The van der Waals surface area contributed by atoms with Crippen molar-refractivity contribution in [1.29, 1.82) is 0 Å². The highest BCUT2D eigenvalue weighted by atomic mass is 19.2. The van der Waals surface area contributed by atoms with Crippen LogP contribution in [0.2, 0.25) is 0 Å². The summed E-state index contributed by atoms with van der Waals surface area (Å²) in [5.74, 6) is -12.6. The Balaban J connectivity index is 2.12. The smallest absolute Gasteiger partial charge is 0.350 e. The maximum Gasteiger partial charge on any atom is 0.350 e. The van der Waals surface area contributed by atoms with Gasteiger partial charge in [0.05, 0.1) is 18.6 Å². The van der Waals surface area contributed by atoms with Crippen LogP contribution in [0.1, 0.15) is 6.42 Å². The van der Waals surface area contributed by atoms with Crippen molar-refractivity contribution in [3.05, 3.63) is 45.4 Å². The molecule has 2 rings (SSSR count). The molecule has 1 aromatic carbocycles. The minimum atomic E-state index is -2.35. The highest BCUT2D eigenvalue weighted by Gasteiger charge is 2.27. The molecule has 0 saturated heterocycles. The topological polar surface area (TPSA) is 99.3 Å². The number of methoxy groups -OCH3 is 1. The van der Waals surface area contributed by atoms with Crippen LogP contribution in [0.25, 0.3) is 0 Å². The number of aryl methyl sites for hydroxylation is 1. The van der Waals surface area contributed by atoms with E-state index in [2.05, 4.69) is 9.84 Å². The standard InChI is InChI=1S/C13H9F5N4O4/c1-26-13-5(22(24)25)4-21(20-13)3-2-6(23)19-12-10(17)8(15)7(14)9(16)11(12)18/h4H,2-3H2,1H3,(H,19,23). The van der Waals surface area contributed by atoms with Crippen LogP contribution in [-0.2, 0) is 11.3 Å². The molecule has 140 valence electrons. The van der Waals surface area contributed by atoms with Crippen LogP contribution in [0.3, 0.4) is 0 Å². The van der Waals surface area contributed by atoms with Crippen molar-refractivity contribution in [1.82, 2.24) is 9.78 Å². The third-order valence-corrected chi connectivity index (χ3v) is 3.14. The van der Waals surface area contributed by atoms with Gasteiger partial charge in [-0.05, 0) is 0 Å². The van der Waals surface area contributed by atoms with Gasteiger partial charge in [0.2, 0.25) is 11.7 Å². The molecule has 26 heavy (non-hydrogen) atoms. The Morgan fingerprint density at radius 3 is 2.19 bits per heavy atom. The first-order chi connectivity index (χ1) is 12.2. The van der Waals surface area contributed by atoms with Crippen molar-refractivity contribution in [3.63, 3.8) is 0 Å². The molecule has 0 spiro atoms. The van der Waals surface area contributed by atoms with Gasteiger partial charge in [-0.25, -0.2) is 22.0 Å². The molecular formula is C13H9F5N4O4. The summed E-state index contributed by atoms with van der Waals surface area (Å²) < 4.78 is 71.6. The SMILES string of the molecule is COc1nn(CCC(=O)Nc2c(F)c(F)c(F)c(F)c2F)cc1[N+](=O)[O-]. The van der Waals surface area contributed by atoms with Gasteiger partial charge < -0.3 is 10.1 Å². The van der Waals surface area contributed by atoms with Crippen molar-refractivity contribution in [2.75, 3.05) is 12.4 Å². The second-order valence-corrected chi connectivity index (χ2v) is 4.79. The molecular weight excluding hydrogens is 371 g/mol. The van der Waals surface area contributed by atoms with Gasteiger partial charge in [0.15, 0.2) is 23.3 Å². The van der Waals surface area contributed by atoms with Crippen LogP contribution in [0.15, 0.2) is 6.20 Å². The average Bonchev–Trinajstić information content (AvgIpc) is 3.04. The van der Waals surface area contributed by atoms with Gasteiger partial charge in [-0.2, -0.15) is 0 Å². The fourth-order valence-corrected chi connectivity index (χ4v) is 1.91. The van der Waals surface area contributed by atoms with E-state index in [1.807, 2.05) is 0 Å². The lowest BCUT2D eigenvalue weighted by molar-refractivity contribution is -0.385. The lowest BCUT2D eigenvalue weighted by Crippen LogP contribution is -2.18. The van der Waals surface area contributed by atoms with Gasteiger partial charge in [0, 0.05) is 6.42 Å². The Morgan fingerprint density at radius 1 is 1.19 bits per heavy atom. The second-order valence-electron chi connectivity index (χ2n) is 4.79. The summed E-state index contributed by atoms with van der Waals surface area (Å²) in [6, 6.07) is 0. The van der Waals surface area contributed by atoms with Gasteiger partial charge >= 0.3 is 11.6 Å². The largest absolute Gasteiger partial charge is 0.475 e. The lowest BCUT2D eigenvalue weighted by Gasteiger charge is -2.09. The number of aromatic nitrogens is 2. The van der Waals surface area contributed by atoms with Crippen LogP contribution >= 0.6 is 0 Å². The Labute approximate surface area is 141 Å². The van der Waals surface area contributed by atoms with Crippen LogP contribution in [0.4, 0.5) is 33.3 Å². The zero-order valence-electron chi connectivity index (χ0n) is 12.9. The number of hydrogen-bond donors (Lipinski definition) is 1. The van der Waals surface area contributed by atoms with Crippen molar-refractivity contribution in [2.45, 2.75) is 13.0 Å². The van der Waals surface area contributed by atoms with Crippen molar-refractivity contribution < 1.29 is 36.4 Å². The molecule has 0 fully saturated rings. The maximum atomic E-state index is 13.5. The van der Waals surface area contributed by atoms with Crippen LogP contribution in [0.5, 0.6) is 5.88 Å². The first kappa shape index (κ1) is 19.1. The number of carbonyl (C=O) groups excluding carboxylic acids is 1. The van der Waals surface area contributed by atoms with E-state index in [-0.39, 0.29) is 12.4 Å². The molecule has 1 heterocycles. The van der Waals surface area contributed by atoms with Crippen LogP contribution in [0, 0.1) is 39.2 Å². The second kappa shape index (κ2) is 7.33. The van der Waals surface area contributed by atoms with E-state index in [4.69, 9.17) is 0 Å². The summed E-state index contributed by atoms with van der Waals surface area (Å²) in [6.45, 7) is -0.286. The zero-order chi connectivity index (χ0) is 19.6. The first-order valence-corrected chi connectivity index (χ1v) is 6.74. The maximum absolute atomic E-state index is 13.5. The van der Waals surface area contributed by atoms with Crippen LogP contribution < -0.4 is 10.1 Å². The summed E-state index contributed by atoms with van der Waals surface area (Å²) in [4.78, 5) is 21.7. The number of nitro groups is 1. The fraction of sp³-hybridized carbons (Fsp3) is 0.231. The quantitative estimate of drug-likeness (QED) is 0.273. The molecule has 0 aliphatic heterocycles. The van der Waals surface area contributed by atoms with Crippen LogP contribution in [-0.4, -0.2) is 27.7 Å². The number of ether oxygens (including phenoxy) is 1. The third-order valence-electron chi connectivity index (χ3n) is 3.14. The predicted molar refractivity (Wildman–Crippen MR) is 74.9 cm³/mol. The van der Waals surface area contributed by atoms with Gasteiger partial charge in [0.25, 0.3) is 0 Å². The number of nitrogens with zero attached hydrogens (tertiary/aromatic N) is 3. The molecule has 1 aromatic heterocycles. The Hall–Kier alpha value is -3.25. The minimum absolute atomic E-state index is 0.286. The molecule has 0 radical (unpaired) electrons. The molecule has 0 atom stereocenters. The highest BCUT2D eigenvalue weighted by Crippen LogP contribution is 2.27. The summed E-state index contributed by atoms with van der Waals surface area (Å²) in [5.41, 5.74) is -1.97. The average molecular weight is 380 g/mol. The molecule has 1 N–H and O–H groups in total. The molecule has 8 nitrogen and oxygen atoms in total. The van der Waals surface area contributed by atoms with Gasteiger partial charge in [-0.1, -0.05) is 0 Å². The molecule has 0 aliphatic rings. The van der Waals surface area contributed by atoms with E-state index in [9.17, 15) is 36.9 Å². The van der Waals surface area contributed by atoms with E-state index in [0.29, 0.717) is 0 Å². The first-order valence-electron chi connectivity index (χ1n) is 6.74. The Kier molecular flexibility index (Phi) is 5.38. The lowest BCUT2D eigenvalue weighted by atomic mass is 10.2. The molecule has 0 bridgehead atoms. The van der Waals surface area contributed by atoms with Gasteiger partial charge in [0.1, 0.15) is 11.9 Å².